The number of hydrogen-bond acceptors (Lipinski definition) is 4. The summed E-state index contributed by atoms with van der Waals surface area (Å²) in [5.41, 5.74) is 8.69. The maximum absolute atomic E-state index is 11.6. The highest BCUT2D eigenvalue weighted by Gasteiger charge is 2.23. The molecule has 0 unspecified atom stereocenters. The third kappa shape index (κ3) is 3.26. The average molecular weight is 275 g/mol. The van der Waals surface area contributed by atoms with Crippen LogP contribution in [-0.2, 0) is 0 Å². The fourth-order valence-corrected chi connectivity index (χ4v) is 1.38. The largest absolute Gasteiger partial charge is 0.375 e. The number of benzene rings is 1. The SMILES string of the molecule is NC(=S)NNC(=O)c1c(Cl)cccc1[N+](=O)[O-]. The monoisotopic (exact) mass is 274 g/mol. The van der Waals surface area contributed by atoms with Crippen molar-refractivity contribution in [2.45, 2.75) is 0 Å². The Kier molecular flexibility index (Phi) is 4.18. The maximum atomic E-state index is 11.6. The molecule has 1 amide bonds. The third-order valence-corrected chi connectivity index (χ3v) is 2.13. The molecular formula is C8H7ClN4O3S. The molecule has 0 aliphatic rings. The molecule has 9 heteroatoms. The number of hydrogen-bond donors (Lipinski definition) is 3. The van der Waals surface area contributed by atoms with Gasteiger partial charge in [0.05, 0.1) is 9.95 Å². The topological polar surface area (TPSA) is 110 Å². The van der Waals surface area contributed by atoms with Crippen molar-refractivity contribution in [3.63, 3.8) is 0 Å². The van der Waals surface area contributed by atoms with Gasteiger partial charge in [-0.1, -0.05) is 17.7 Å². The highest BCUT2D eigenvalue weighted by Crippen LogP contribution is 2.25. The second-order valence-corrected chi connectivity index (χ2v) is 3.68. The molecule has 0 saturated heterocycles. The molecule has 1 rings (SSSR count). The zero-order chi connectivity index (χ0) is 13.0. The Bertz CT molecular complexity index is 494. The molecule has 0 radical (unpaired) electrons. The van der Waals surface area contributed by atoms with Gasteiger partial charge >= 0.3 is 0 Å². The second-order valence-electron chi connectivity index (χ2n) is 2.83. The smallest absolute Gasteiger partial charge is 0.283 e. The summed E-state index contributed by atoms with van der Waals surface area (Å²) in [6.45, 7) is 0. The number of nitrogens with zero attached hydrogens (tertiary/aromatic N) is 1. The van der Waals surface area contributed by atoms with Crippen LogP contribution in [0.4, 0.5) is 5.69 Å². The third-order valence-electron chi connectivity index (χ3n) is 1.71. The van der Waals surface area contributed by atoms with E-state index in [0.29, 0.717) is 0 Å². The van der Waals surface area contributed by atoms with Gasteiger partial charge in [-0.15, -0.1) is 0 Å². The van der Waals surface area contributed by atoms with Crippen LogP contribution in [-0.4, -0.2) is 15.9 Å². The number of hydrazine groups is 1. The normalized spacial score (nSPS) is 9.47. The number of carbonyl (C=O) groups is 1. The molecule has 0 heterocycles. The van der Waals surface area contributed by atoms with Crippen molar-refractivity contribution in [1.82, 2.24) is 10.9 Å². The number of rotatable bonds is 2. The van der Waals surface area contributed by atoms with Crippen molar-refractivity contribution >= 4 is 40.5 Å². The number of nitrogens with one attached hydrogen (secondary N) is 2. The van der Waals surface area contributed by atoms with E-state index in [1.807, 2.05) is 0 Å². The van der Waals surface area contributed by atoms with E-state index < -0.39 is 16.5 Å². The van der Waals surface area contributed by atoms with Crippen LogP contribution in [0.2, 0.25) is 5.02 Å². The summed E-state index contributed by atoms with van der Waals surface area (Å²) in [5.74, 6) is -0.796. The Morgan fingerprint density at radius 1 is 1.47 bits per heavy atom. The number of carbonyl (C=O) groups excluding carboxylic acids is 1. The highest BCUT2D eigenvalue weighted by atomic mass is 35.5. The minimum Gasteiger partial charge on any atom is -0.375 e. The second kappa shape index (κ2) is 5.41. The van der Waals surface area contributed by atoms with E-state index in [9.17, 15) is 14.9 Å². The molecule has 0 aliphatic heterocycles. The lowest BCUT2D eigenvalue weighted by Gasteiger charge is -2.07. The van der Waals surface area contributed by atoms with Gasteiger partial charge in [0, 0.05) is 6.07 Å². The van der Waals surface area contributed by atoms with E-state index in [1.165, 1.54) is 18.2 Å². The standard InChI is InChI=1S/C8H7ClN4O3S/c9-4-2-1-3-5(13(15)16)6(4)7(14)11-12-8(10)17/h1-3H,(H,11,14)(H3,10,12,17). The molecule has 1 aromatic rings. The van der Waals surface area contributed by atoms with Crippen molar-refractivity contribution in [2.75, 3.05) is 0 Å². The van der Waals surface area contributed by atoms with Crippen molar-refractivity contribution in [3.05, 3.63) is 38.9 Å². The quantitative estimate of drug-likeness (QED) is 0.416. The van der Waals surface area contributed by atoms with E-state index in [0.717, 1.165) is 0 Å². The predicted molar refractivity (Wildman–Crippen MR) is 65.5 cm³/mol. The summed E-state index contributed by atoms with van der Waals surface area (Å²) in [4.78, 5) is 21.6. The van der Waals surface area contributed by atoms with Gasteiger partial charge < -0.3 is 5.73 Å². The molecule has 4 N–H and O–H groups in total. The first kappa shape index (κ1) is 13.1. The van der Waals surface area contributed by atoms with Crippen LogP contribution in [0.1, 0.15) is 10.4 Å². The Labute approximate surface area is 106 Å². The number of halogens is 1. The number of amides is 1. The average Bonchev–Trinajstić information content (AvgIpc) is 2.25. The zero-order valence-corrected chi connectivity index (χ0v) is 9.84. The van der Waals surface area contributed by atoms with Crippen LogP contribution in [0.25, 0.3) is 0 Å². The van der Waals surface area contributed by atoms with Gasteiger partial charge in [0.1, 0.15) is 5.56 Å². The van der Waals surface area contributed by atoms with Crippen molar-refractivity contribution < 1.29 is 9.72 Å². The first-order chi connectivity index (χ1) is 7.93. The van der Waals surface area contributed by atoms with Crippen LogP contribution in [0.3, 0.4) is 0 Å². The summed E-state index contributed by atoms with van der Waals surface area (Å²) in [5, 5.41) is 10.5. The summed E-state index contributed by atoms with van der Waals surface area (Å²) >= 11 is 10.2. The van der Waals surface area contributed by atoms with Gasteiger partial charge in [-0.3, -0.25) is 25.8 Å². The molecule has 1 aromatic carbocycles. The van der Waals surface area contributed by atoms with Crippen molar-refractivity contribution in [3.8, 4) is 0 Å². The Morgan fingerprint density at radius 2 is 2.12 bits per heavy atom. The van der Waals surface area contributed by atoms with Gasteiger partial charge in [-0.2, -0.15) is 0 Å². The number of nitrogens with two attached hydrogens (primary N) is 1. The number of thiocarbonyl (C=S) groups is 1. The minimum absolute atomic E-state index is 0.0403. The van der Waals surface area contributed by atoms with Gasteiger partial charge in [0.25, 0.3) is 11.6 Å². The van der Waals surface area contributed by atoms with Crippen LogP contribution in [0.5, 0.6) is 0 Å². The van der Waals surface area contributed by atoms with Gasteiger partial charge in [0.15, 0.2) is 5.11 Å². The van der Waals surface area contributed by atoms with Crippen LogP contribution in [0, 0.1) is 10.1 Å². The van der Waals surface area contributed by atoms with E-state index in [-0.39, 0.29) is 15.7 Å². The molecule has 7 nitrogen and oxygen atoms in total. The summed E-state index contributed by atoms with van der Waals surface area (Å²) in [6.07, 6.45) is 0. The Morgan fingerprint density at radius 3 is 2.65 bits per heavy atom. The lowest BCUT2D eigenvalue weighted by Crippen LogP contribution is -2.44. The molecule has 90 valence electrons. The lowest BCUT2D eigenvalue weighted by molar-refractivity contribution is -0.385. The first-order valence-electron chi connectivity index (χ1n) is 4.22. The molecule has 0 saturated carbocycles. The number of nitro benzene ring substituents is 1. The Hall–Kier alpha value is -1.93. The van der Waals surface area contributed by atoms with E-state index >= 15 is 0 Å². The fourth-order valence-electron chi connectivity index (χ4n) is 1.07. The molecule has 0 atom stereocenters. The fraction of sp³-hybridized carbons (Fsp3) is 0. The Balaban J connectivity index is 3.07. The van der Waals surface area contributed by atoms with Crippen LogP contribution >= 0.6 is 23.8 Å². The van der Waals surface area contributed by atoms with Crippen LogP contribution < -0.4 is 16.6 Å². The van der Waals surface area contributed by atoms with Crippen LogP contribution in [0.15, 0.2) is 18.2 Å². The highest BCUT2D eigenvalue weighted by molar-refractivity contribution is 7.80. The van der Waals surface area contributed by atoms with Crippen molar-refractivity contribution in [2.24, 2.45) is 5.73 Å². The van der Waals surface area contributed by atoms with E-state index in [2.05, 4.69) is 23.1 Å². The molecular weight excluding hydrogens is 268 g/mol. The van der Waals surface area contributed by atoms with Gasteiger partial charge in [-0.05, 0) is 18.3 Å². The number of nitro groups is 1. The molecule has 0 fully saturated rings. The molecule has 0 bridgehead atoms. The summed E-state index contributed by atoms with van der Waals surface area (Å²) in [7, 11) is 0. The maximum Gasteiger partial charge on any atom is 0.283 e. The molecule has 0 spiro atoms. The first-order valence-corrected chi connectivity index (χ1v) is 5.00. The van der Waals surface area contributed by atoms with Gasteiger partial charge in [0.2, 0.25) is 0 Å². The summed E-state index contributed by atoms with van der Waals surface area (Å²) < 4.78 is 0. The van der Waals surface area contributed by atoms with Gasteiger partial charge in [-0.25, -0.2) is 0 Å². The zero-order valence-electron chi connectivity index (χ0n) is 8.27. The molecule has 0 aromatic heterocycles. The van der Waals surface area contributed by atoms with E-state index in [1.54, 1.807) is 0 Å². The molecule has 17 heavy (non-hydrogen) atoms. The lowest BCUT2D eigenvalue weighted by atomic mass is 10.1. The van der Waals surface area contributed by atoms with E-state index in [4.69, 9.17) is 17.3 Å². The minimum atomic E-state index is -0.796. The summed E-state index contributed by atoms with van der Waals surface area (Å²) in [6, 6.07) is 3.91. The predicted octanol–water partition coefficient (Wildman–Crippen LogP) is 0.726. The molecule has 0 aliphatic carbocycles. The van der Waals surface area contributed by atoms with Crippen molar-refractivity contribution in [1.29, 1.82) is 0 Å².